The van der Waals surface area contributed by atoms with Crippen molar-refractivity contribution in [3.05, 3.63) is 29.6 Å². The zero-order chi connectivity index (χ0) is 14.1. The summed E-state index contributed by atoms with van der Waals surface area (Å²) in [5.74, 6) is -0.337. The molecule has 2 heterocycles. The van der Waals surface area contributed by atoms with Gasteiger partial charge in [0.05, 0.1) is 18.3 Å². The molecule has 108 valence electrons. The Hall–Kier alpha value is -1.52. The minimum absolute atomic E-state index is 0.0336. The second kappa shape index (κ2) is 5.46. The number of fused-ring (bicyclic) bond motifs is 1. The molecular formula is C15H18F2N2O. The molecule has 0 radical (unpaired) electrons. The monoisotopic (exact) mass is 280 g/mol. The third kappa shape index (κ3) is 2.67. The number of hydrogen-bond donors (Lipinski definition) is 0. The van der Waals surface area contributed by atoms with Gasteiger partial charge in [-0.2, -0.15) is 0 Å². The van der Waals surface area contributed by atoms with Gasteiger partial charge in [-0.15, -0.1) is 0 Å². The molecule has 1 aliphatic carbocycles. The summed E-state index contributed by atoms with van der Waals surface area (Å²) in [4.78, 5) is 17.7. The Morgan fingerprint density at radius 2 is 1.90 bits per heavy atom. The SMILES string of the molecule is O=C(Cc1ncc(F)cc1F)N1C[C@H]2CCCC[C@H]2C1. The summed E-state index contributed by atoms with van der Waals surface area (Å²) in [6, 6.07) is 0.777. The van der Waals surface area contributed by atoms with Crippen LogP contribution in [0.25, 0.3) is 0 Å². The maximum Gasteiger partial charge on any atom is 0.228 e. The van der Waals surface area contributed by atoms with Crippen LogP contribution in [0, 0.1) is 23.5 Å². The third-order valence-electron chi connectivity index (χ3n) is 4.53. The van der Waals surface area contributed by atoms with E-state index in [-0.39, 0.29) is 18.0 Å². The van der Waals surface area contributed by atoms with Crippen LogP contribution in [0.5, 0.6) is 0 Å². The quantitative estimate of drug-likeness (QED) is 0.834. The van der Waals surface area contributed by atoms with Crippen molar-refractivity contribution in [2.24, 2.45) is 11.8 Å². The van der Waals surface area contributed by atoms with Gasteiger partial charge >= 0.3 is 0 Å². The van der Waals surface area contributed by atoms with E-state index >= 15 is 0 Å². The number of halogens is 2. The second-order valence-electron chi connectivity index (χ2n) is 5.86. The normalized spacial score (nSPS) is 25.6. The number of pyridine rings is 1. The Morgan fingerprint density at radius 3 is 2.50 bits per heavy atom. The van der Waals surface area contributed by atoms with Crippen molar-refractivity contribution < 1.29 is 13.6 Å². The fourth-order valence-corrected chi connectivity index (χ4v) is 3.44. The summed E-state index contributed by atoms with van der Waals surface area (Å²) >= 11 is 0. The number of hydrogen-bond acceptors (Lipinski definition) is 2. The summed E-state index contributed by atoms with van der Waals surface area (Å²) in [5.41, 5.74) is 0.0336. The summed E-state index contributed by atoms with van der Waals surface area (Å²) in [5, 5.41) is 0. The lowest BCUT2D eigenvalue weighted by Crippen LogP contribution is -2.31. The van der Waals surface area contributed by atoms with Crippen molar-refractivity contribution in [1.29, 1.82) is 0 Å². The lowest BCUT2D eigenvalue weighted by Gasteiger charge is -2.22. The van der Waals surface area contributed by atoms with E-state index in [4.69, 9.17) is 0 Å². The molecule has 20 heavy (non-hydrogen) atoms. The van der Waals surface area contributed by atoms with E-state index in [1.807, 2.05) is 4.90 Å². The van der Waals surface area contributed by atoms with Gasteiger partial charge in [0.15, 0.2) is 0 Å². The summed E-state index contributed by atoms with van der Waals surface area (Å²) in [7, 11) is 0. The minimum atomic E-state index is -0.741. The van der Waals surface area contributed by atoms with E-state index in [0.29, 0.717) is 11.8 Å². The summed E-state index contributed by atoms with van der Waals surface area (Å²) in [6.45, 7) is 1.57. The first-order valence-electron chi connectivity index (χ1n) is 7.21. The van der Waals surface area contributed by atoms with E-state index in [0.717, 1.165) is 25.4 Å². The molecular weight excluding hydrogens is 262 g/mol. The fourth-order valence-electron chi connectivity index (χ4n) is 3.44. The lowest BCUT2D eigenvalue weighted by molar-refractivity contribution is -0.129. The first kappa shape index (κ1) is 13.5. The number of rotatable bonds is 2. The minimum Gasteiger partial charge on any atom is -0.342 e. The summed E-state index contributed by atoms with van der Waals surface area (Å²) < 4.78 is 26.3. The largest absolute Gasteiger partial charge is 0.342 e. The highest BCUT2D eigenvalue weighted by Gasteiger charge is 2.36. The van der Waals surface area contributed by atoms with Crippen molar-refractivity contribution in [3.63, 3.8) is 0 Å². The number of likely N-dealkylation sites (tertiary alicyclic amines) is 1. The first-order chi connectivity index (χ1) is 9.63. The standard InChI is InChI=1S/C15H18F2N2O/c16-12-5-13(17)14(18-7-12)6-15(20)19-8-10-3-1-2-4-11(10)9-19/h5,7,10-11H,1-4,6,8-9H2/t10-,11+. The van der Waals surface area contributed by atoms with Gasteiger partial charge in [0.1, 0.15) is 11.6 Å². The number of nitrogens with zero attached hydrogens (tertiary/aromatic N) is 2. The van der Waals surface area contributed by atoms with Crippen LogP contribution < -0.4 is 0 Å². The molecule has 1 amide bonds. The topological polar surface area (TPSA) is 33.2 Å². The van der Waals surface area contributed by atoms with E-state index in [9.17, 15) is 13.6 Å². The molecule has 1 aliphatic heterocycles. The molecule has 0 spiro atoms. The van der Waals surface area contributed by atoms with Gasteiger partial charge in [-0.1, -0.05) is 12.8 Å². The van der Waals surface area contributed by atoms with E-state index in [1.165, 1.54) is 25.7 Å². The van der Waals surface area contributed by atoms with Crippen LogP contribution in [0.3, 0.4) is 0 Å². The van der Waals surface area contributed by atoms with E-state index < -0.39 is 11.6 Å². The molecule has 1 aromatic heterocycles. The Kier molecular flexibility index (Phi) is 3.68. The van der Waals surface area contributed by atoms with Crippen LogP contribution in [-0.4, -0.2) is 28.9 Å². The average molecular weight is 280 g/mol. The first-order valence-corrected chi connectivity index (χ1v) is 7.21. The number of carbonyl (C=O) groups excluding carboxylic acids is 1. The average Bonchev–Trinajstić information content (AvgIpc) is 2.86. The molecule has 0 aromatic carbocycles. The summed E-state index contributed by atoms with van der Waals surface area (Å²) in [6.07, 6.45) is 5.75. The molecule has 0 N–H and O–H groups in total. The molecule has 2 atom stereocenters. The highest BCUT2D eigenvalue weighted by Crippen LogP contribution is 2.36. The zero-order valence-electron chi connectivity index (χ0n) is 11.3. The molecule has 1 saturated carbocycles. The molecule has 3 nitrogen and oxygen atoms in total. The van der Waals surface area contributed by atoms with Crippen molar-refractivity contribution in [2.75, 3.05) is 13.1 Å². The van der Waals surface area contributed by atoms with Crippen molar-refractivity contribution in [3.8, 4) is 0 Å². The number of aromatic nitrogens is 1. The van der Waals surface area contributed by atoms with Crippen molar-refractivity contribution >= 4 is 5.91 Å². The fraction of sp³-hybridized carbons (Fsp3) is 0.600. The maximum absolute atomic E-state index is 13.5. The Morgan fingerprint density at radius 1 is 1.25 bits per heavy atom. The maximum atomic E-state index is 13.5. The van der Waals surface area contributed by atoms with Crippen LogP contribution in [-0.2, 0) is 11.2 Å². The van der Waals surface area contributed by atoms with Gasteiger partial charge < -0.3 is 4.90 Å². The van der Waals surface area contributed by atoms with Gasteiger partial charge in [0, 0.05) is 19.2 Å². The van der Waals surface area contributed by atoms with Gasteiger partial charge in [0.25, 0.3) is 0 Å². The van der Waals surface area contributed by atoms with Crippen LogP contribution in [0.4, 0.5) is 8.78 Å². The van der Waals surface area contributed by atoms with Gasteiger partial charge in [0.2, 0.25) is 5.91 Å². The highest BCUT2D eigenvalue weighted by atomic mass is 19.1. The Bertz CT molecular complexity index is 507. The molecule has 1 saturated heterocycles. The van der Waals surface area contributed by atoms with Gasteiger partial charge in [-0.05, 0) is 24.7 Å². The molecule has 1 aromatic rings. The molecule has 5 heteroatoms. The highest BCUT2D eigenvalue weighted by molar-refractivity contribution is 5.78. The van der Waals surface area contributed by atoms with Crippen molar-refractivity contribution in [1.82, 2.24) is 9.88 Å². The predicted molar refractivity (Wildman–Crippen MR) is 69.9 cm³/mol. The zero-order valence-corrected chi connectivity index (χ0v) is 11.3. The predicted octanol–water partition coefficient (Wildman–Crippen LogP) is 2.55. The molecule has 0 bridgehead atoms. The van der Waals surface area contributed by atoms with Crippen LogP contribution in [0.1, 0.15) is 31.4 Å². The van der Waals surface area contributed by atoms with E-state index in [1.54, 1.807) is 0 Å². The molecule has 3 rings (SSSR count). The number of amides is 1. The lowest BCUT2D eigenvalue weighted by atomic mass is 9.82. The van der Waals surface area contributed by atoms with Gasteiger partial charge in [-0.25, -0.2) is 8.78 Å². The molecule has 0 unspecified atom stereocenters. The van der Waals surface area contributed by atoms with Crippen LogP contribution >= 0.6 is 0 Å². The number of carbonyl (C=O) groups is 1. The second-order valence-corrected chi connectivity index (χ2v) is 5.86. The molecule has 2 fully saturated rings. The van der Waals surface area contributed by atoms with Gasteiger partial charge in [-0.3, -0.25) is 9.78 Å². The molecule has 2 aliphatic rings. The van der Waals surface area contributed by atoms with E-state index in [2.05, 4.69) is 4.98 Å². The van der Waals surface area contributed by atoms with Crippen LogP contribution in [0.15, 0.2) is 12.3 Å². The van der Waals surface area contributed by atoms with Crippen LogP contribution in [0.2, 0.25) is 0 Å². The third-order valence-corrected chi connectivity index (χ3v) is 4.53. The van der Waals surface area contributed by atoms with Crippen molar-refractivity contribution in [2.45, 2.75) is 32.1 Å². The Balaban J connectivity index is 1.65. The smallest absolute Gasteiger partial charge is 0.228 e. The Labute approximate surface area is 117 Å².